The van der Waals surface area contributed by atoms with Crippen molar-refractivity contribution in [3.8, 4) is 11.4 Å². The molecule has 2 rings (SSSR count). The van der Waals surface area contributed by atoms with Crippen molar-refractivity contribution in [1.82, 2.24) is 20.2 Å². The summed E-state index contributed by atoms with van der Waals surface area (Å²) in [5.74, 6) is 0. The number of aromatic nitrogens is 4. The number of hydrogen-bond acceptors (Lipinski definition) is 4. The molecule has 0 aliphatic carbocycles. The van der Waals surface area contributed by atoms with Crippen molar-refractivity contribution < 1.29 is 0 Å². The highest BCUT2D eigenvalue weighted by molar-refractivity contribution is 5.52. The summed E-state index contributed by atoms with van der Waals surface area (Å²) in [7, 11) is 0. The van der Waals surface area contributed by atoms with Gasteiger partial charge in [-0.1, -0.05) is 0 Å². The van der Waals surface area contributed by atoms with E-state index >= 15 is 0 Å². The zero-order valence-electron chi connectivity index (χ0n) is 7.56. The van der Waals surface area contributed by atoms with Crippen LogP contribution < -0.4 is 5.56 Å². The second kappa shape index (κ2) is 3.37. The van der Waals surface area contributed by atoms with E-state index < -0.39 is 0 Å². The lowest BCUT2D eigenvalue weighted by Crippen LogP contribution is -2.06. The van der Waals surface area contributed by atoms with Gasteiger partial charge in [0.1, 0.15) is 12.0 Å². The van der Waals surface area contributed by atoms with E-state index in [1.165, 1.54) is 12.4 Å². The minimum Gasteiger partial charge on any atom is -0.268 e. The molecule has 0 bridgehead atoms. The average Bonchev–Trinajstić information content (AvgIpc) is 2.19. The lowest BCUT2D eigenvalue weighted by Gasteiger charge is -1.98. The van der Waals surface area contributed by atoms with Crippen LogP contribution in [0.3, 0.4) is 0 Å². The number of nitrogens with one attached hydrogen (secondary N) is 1. The molecule has 14 heavy (non-hydrogen) atoms. The van der Waals surface area contributed by atoms with Gasteiger partial charge in [0.2, 0.25) is 0 Å². The van der Waals surface area contributed by atoms with E-state index in [4.69, 9.17) is 0 Å². The minimum atomic E-state index is -0.223. The monoisotopic (exact) mass is 188 g/mol. The molecule has 2 heterocycles. The van der Waals surface area contributed by atoms with Crippen molar-refractivity contribution in [3.63, 3.8) is 0 Å². The molecule has 0 atom stereocenters. The number of nitrogens with zero attached hydrogens (tertiary/aromatic N) is 3. The summed E-state index contributed by atoms with van der Waals surface area (Å²) >= 11 is 0. The van der Waals surface area contributed by atoms with Crippen LogP contribution in [0.15, 0.2) is 29.3 Å². The van der Waals surface area contributed by atoms with Crippen LogP contribution in [-0.4, -0.2) is 20.2 Å². The van der Waals surface area contributed by atoms with E-state index in [0.717, 1.165) is 5.69 Å². The van der Waals surface area contributed by atoms with Crippen LogP contribution in [0.4, 0.5) is 0 Å². The topological polar surface area (TPSA) is 71.5 Å². The number of hydrogen-bond donors (Lipinski definition) is 1. The molecule has 0 aromatic carbocycles. The molecule has 0 unspecified atom stereocenters. The largest absolute Gasteiger partial charge is 0.268 e. The zero-order chi connectivity index (χ0) is 9.97. The Morgan fingerprint density at radius 2 is 2.07 bits per heavy atom. The Hall–Kier alpha value is -2.04. The molecule has 0 amide bonds. The summed E-state index contributed by atoms with van der Waals surface area (Å²) in [5, 5.41) is 6.21. The molecule has 0 saturated heterocycles. The summed E-state index contributed by atoms with van der Waals surface area (Å²) in [5.41, 5.74) is 1.98. The lowest BCUT2D eigenvalue weighted by atomic mass is 10.2. The highest BCUT2D eigenvalue weighted by atomic mass is 16.1. The fraction of sp³-hybridized carbons (Fsp3) is 0.111. The first kappa shape index (κ1) is 8.55. The summed E-state index contributed by atoms with van der Waals surface area (Å²) < 4.78 is 0. The molecule has 5 heteroatoms. The van der Waals surface area contributed by atoms with Crippen LogP contribution in [0.2, 0.25) is 0 Å². The molecule has 5 nitrogen and oxygen atoms in total. The Bertz CT molecular complexity index is 486. The average molecular weight is 188 g/mol. The number of H-pyrrole nitrogens is 1. The summed E-state index contributed by atoms with van der Waals surface area (Å²) in [6, 6.07) is 4.85. The Morgan fingerprint density at radius 1 is 1.21 bits per heavy atom. The molecule has 1 N–H and O–H groups in total. The summed E-state index contributed by atoms with van der Waals surface area (Å²) in [6.07, 6.45) is 1.47. The van der Waals surface area contributed by atoms with Gasteiger partial charge in [0.05, 0.1) is 5.69 Å². The van der Waals surface area contributed by atoms with Crippen molar-refractivity contribution >= 4 is 0 Å². The highest BCUT2D eigenvalue weighted by Crippen LogP contribution is 2.10. The molecule has 0 aliphatic heterocycles. The Kier molecular flexibility index (Phi) is 2.06. The van der Waals surface area contributed by atoms with E-state index in [2.05, 4.69) is 20.2 Å². The van der Waals surface area contributed by atoms with E-state index in [0.29, 0.717) is 11.4 Å². The van der Waals surface area contributed by atoms with Gasteiger partial charge in [-0.2, -0.15) is 5.10 Å². The van der Waals surface area contributed by atoms with E-state index in [9.17, 15) is 4.79 Å². The minimum absolute atomic E-state index is 0.223. The molecule has 0 saturated carbocycles. The SMILES string of the molecule is Cc1cc(-c2ccc(=O)[nH]n2)ncn1. The fourth-order valence-corrected chi connectivity index (χ4v) is 1.08. The van der Waals surface area contributed by atoms with Gasteiger partial charge in [-0.25, -0.2) is 15.1 Å². The molecule has 0 spiro atoms. The quantitative estimate of drug-likeness (QED) is 0.708. The van der Waals surface area contributed by atoms with Crippen LogP contribution in [0.5, 0.6) is 0 Å². The van der Waals surface area contributed by atoms with Crippen LogP contribution in [-0.2, 0) is 0 Å². The smallest absolute Gasteiger partial charge is 0.264 e. The normalized spacial score (nSPS) is 10.1. The van der Waals surface area contributed by atoms with Gasteiger partial charge in [0, 0.05) is 11.8 Å². The predicted molar refractivity (Wildman–Crippen MR) is 50.6 cm³/mol. The van der Waals surface area contributed by atoms with Crippen molar-refractivity contribution in [2.45, 2.75) is 6.92 Å². The third kappa shape index (κ3) is 1.66. The third-order valence-electron chi connectivity index (χ3n) is 1.75. The fourth-order valence-electron chi connectivity index (χ4n) is 1.08. The predicted octanol–water partition coefficient (Wildman–Crippen LogP) is 0.535. The molecule has 70 valence electrons. The Balaban J connectivity index is 2.49. The second-order valence-electron chi connectivity index (χ2n) is 2.85. The summed E-state index contributed by atoms with van der Waals surface area (Å²) in [6.45, 7) is 1.87. The van der Waals surface area contributed by atoms with Gasteiger partial charge in [0.15, 0.2) is 0 Å². The van der Waals surface area contributed by atoms with Gasteiger partial charge >= 0.3 is 0 Å². The Morgan fingerprint density at radius 3 is 2.71 bits per heavy atom. The van der Waals surface area contributed by atoms with Crippen LogP contribution in [0.1, 0.15) is 5.69 Å². The van der Waals surface area contributed by atoms with E-state index in [1.54, 1.807) is 12.1 Å². The maximum Gasteiger partial charge on any atom is 0.264 e. The summed E-state index contributed by atoms with van der Waals surface area (Å²) in [4.78, 5) is 18.8. The van der Waals surface area contributed by atoms with Gasteiger partial charge in [-0.15, -0.1) is 0 Å². The first-order valence-corrected chi connectivity index (χ1v) is 4.10. The van der Waals surface area contributed by atoms with Crippen molar-refractivity contribution in [1.29, 1.82) is 0 Å². The van der Waals surface area contributed by atoms with Crippen LogP contribution in [0.25, 0.3) is 11.4 Å². The highest BCUT2D eigenvalue weighted by Gasteiger charge is 2.00. The molecule has 0 aliphatic rings. The van der Waals surface area contributed by atoms with Gasteiger partial charge < -0.3 is 0 Å². The Labute approximate surface area is 79.9 Å². The first-order valence-electron chi connectivity index (χ1n) is 4.10. The van der Waals surface area contributed by atoms with E-state index in [-0.39, 0.29) is 5.56 Å². The van der Waals surface area contributed by atoms with Gasteiger partial charge in [-0.3, -0.25) is 4.79 Å². The maximum atomic E-state index is 10.8. The molecule has 0 fully saturated rings. The zero-order valence-corrected chi connectivity index (χ0v) is 7.56. The third-order valence-corrected chi connectivity index (χ3v) is 1.75. The lowest BCUT2D eigenvalue weighted by molar-refractivity contribution is 0.982. The van der Waals surface area contributed by atoms with Crippen molar-refractivity contribution in [2.75, 3.05) is 0 Å². The molecule has 0 radical (unpaired) electrons. The number of aromatic amines is 1. The molecular formula is C9H8N4O. The number of aryl methyl sites for hydroxylation is 1. The van der Waals surface area contributed by atoms with Crippen LogP contribution >= 0.6 is 0 Å². The molecule has 2 aromatic rings. The second-order valence-corrected chi connectivity index (χ2v) is 2.85. The standard InChI is InChI=1S/C9H8N4O/c1-6-4-8(11-5-10-6)7-2-3-9(14)13-12-7/h2-5H,1H3,(H,13,14). The van der Waals surface area contributed by atoms with Crippen molar-refractivity contribution in [3.05, 3.63) is 40.6 Å². The van der Waals surface area contributed by atoms with E-state index in [1.807, 2.05) is 6.92 Å². The van der Waals surface area contributed by atoms with Crippen molar-refractivity contribution in [2.24, 2.45) is 0 Å². The first-order chi connectivity index (χ1) is 6.75. The van der Waals surface area contributed by atoms with Gasteiger partial charge in [0.25, 0.3) is 5.56 Å². The molecule has 2 aromatic heterocycles. The van der Waals surface area contributed by atoms with Crippen LogP contribution in [0, 0.1) is 6.92 Å². The number of rotatable bonds is 1. The maximum absolute atomic E-state index is 10.8. The van der Waals surface area contributed by atoms with Gasteiger partial charge in [-0.05, 0) is 19.1 Å². The molecular weight excluding hydrogens is 180 g/mol.